The minimum atomic E-state index is -0.797. The number of hydrogen-bond acceptors (Lipinski definition) is 5. The fourth-order valence-electron chi connectivity index (χ4n) is 3.88. The summed E-state index contributed by atoms with van der Waals surface area (Å²) in [7, 11) is 1.55. The molecule has 2 aliphatic rings. The van der Waals surface area contributed by atoms with Crippen LogP contribution in [0.3, 0.4) is 0 Å². The smallest absolute Gasteiger partial charge is 0.285 e. The quantitative estimate of drug-likeness (QED) is 0.526. The number of benzene rings is 3. The van der Waals surface area contributed by atoms with Crippen LogP contribution in [0.4, 0.5) is 10.1 Å². The number of rotatable bonds is 4. The first-order valence-corrected chi connectivity index (χ1v) is 11.1. The van der Waals surface area contributed by atoms with Gasteiger partial charge in [0.15, 0.2) is 5.84 Å². The van der Waals surface area contributed by atoms with Gasteiger partial charge in [0.05, 0.1) is 23.4 Å². The molecule has 0 bridgehead atoms. The Morgan fingerprint density at radius 1 is 1.08 bits per heavy atom. The van der Waals surface area contributed by atoms with Crippen LogP contribution in [-0.2, 0) is 14.4 Å². The van der Waals surface area contributed by atoms with Crippen molar-refractivity contribution < 1.29 is 23.5 Å². The largest absolute Gasteiger partial charge is 0.497 e. The average molecular weight is 502 g/mol. The summed E-state index contributed by atoms with van der Waals surface area (Å²) in [5.41, 5.74) is 1.62. The molecule has 5 rings (SSSR count). The standard InChI is InChI=1S/C27H17ClFN3O4/c1-36-17-9-7-15(8-10-17)11-23-27(35)32(25(30-23)16-5-3-2-4-6-16)24(33)13-19-18-12-21(29)20(28)14-22(18)31-26(19)34/h2-14H,1H3,(H,31,34)/b19-13?,23-11+. The van der Waals surface area contributed by atoms with E-state index in [0.717, 1.165) is 17.0 Å². The number of nitrogens with zero attached hydrogens (tertiary/aromatic N) is 2. The number of hydrogen-bond donors (Lipinski definition) is 1. The second-order valence-corrected chi connectivity index (χ2v) is 8.31. The third-order valence-corrected chi connectivity index (χ3v) is 5.93. The normalized spacial score (nSPS) is 16.9. The van der Waals surface area contributed by atoms with Gasteiger partial charge in [-0.2, -0.15) is 0 Å². The van der Waals surface area contributed by atoms with Crippen molar-refractivity contribution in [2.75, 3.05) is 12.4 Å². The number of carbonyl (C=O) groups is 3. The molecule has 7 nitrogen and oxygen atoms in total. The lowest BCUT2D eigenvalue weighted by Crippen LogP contribution is -2.37. The molecule has 1 N–H and O–H groups in total. The predicted octanol–water partition coefficient (Wildman–Crippen LogP) is 4.68. The lowest BCUT2D eigenvalue weighted by Gasteiger charge is -2.15. The van der Waals surface area contributed by atoms with Crippen molar-refractivity contribution in [1.29, 1.82) is 0 Å². The number of amidine groups is 1. The number of imide groups is 1. The monoisotopic (exact) mass is 501 g/mol. The van der Waals surface area contributed by atoms with E-state index in [4.69, 9.17) is 16.3 Å². The number of amides is 3. The van der Waals surface area contributed by atoms with Crippen molar-refractivity contribution >= 4 is 52.5 Å². The summed E-state index contributed by atoms with van der Waals surface area (Å²) in [5.74, 6) is -2.04. The summed E-state index contributed by atoms with van der Waals surface area (Å²) in [6, 6.07) is 18.0. The summed E-state index contributed by atoms with van der Waals surface area (Å²) in [5, 5.41) is 2.39. The molecule has 0 spiro atoms. The number of methoxy groups -OCH3 is 1. The van der Waals surface area contributed by atoms with Gasteiger partial charge in [-0.25, -0.2) is 14.3 Å². The maximum atomic E-state index is 14.1. The van der Waals surface area contributed by atoms with Gasteiger partial charge in [-0.05, 0) is 35.9 Å². The van der Waals surface area contributed by atoms with Crippen LogP contribution in [0.25, 0.3) is 11.6 Å². The van der Waals surface area contributed by atoms with Crippen molar-refractivity contribution in [3.8, 4) is 5.75 Å². The molecule has 2 heterocycles. The van der Waals surface area contributed by atoms with E-state index in [2.05, 4.69) is 10.3 Å². The van der Waals surface area contributed by atoms with Gasteiger partial charge in [0, 0.05) is 17.2 Å². The van der Waals surface area contributed by atoms with Crippen LogP contribution in [0.5, 0.6) is 5.75 Å². The van der Waals surface area contributed by atoms with Crippen LogP contribution in [0.1, 0.15) is 16.7 Å². The molecule has 0 saturated heterocycles. The number of nitrogens with one attached hydrogen (secondary N) is 1. The van der Waals surface area contributed by atoms with Crippen LogP contribution >= 0.6 is 11.6 Å². The first-order valence-electron chi connectivity index (χ1n) is 10.8. The zero-order chi connectivity index (χ0) is 25.4. The van der Waals surface area contributed by atoms with E-state index in [1.807, 2.05) is 0 Å². The molecule has 2 aliphatic heterocycles. The molecule has 3 aromatic carbocycles. The second-order valence-electron chi connectivity index (χ2n) is 7.91. The molecule has 36 heavy (non-hydrogen) atoms. The Balaban J connectivity index is 1.55. The van der Waals surface area contributed by atoms with E-state index in [0.29, 0.717) is 16.9 Å². The van der Waals surface area contributed by atoms with Gasteiger partial charge < -0.3 is 10.1 Å². The molecule has 0 saturated carbocycles. The van der Waals surface area contributed by atoms with Crippen LogP contribution in [0.15, 0.2) is 83.5 Å². The molecule has 0 fully saturated rings. The Morgan fingerprint density at radius 3 is 2.50 bits per heavy atom. The van der Waals surface area contributed by atoms with E-state index < -0.39 is 23.5 Å². The van der Waals surface area contributed by atoms with Gasteiger partial charge in [-0.3, -0.25) is 14.4 Å². The van der Waals surface area contributed by atoms with Crippen molar-refractivity contribution in [1.82, 2.24) is 4.90 Å². The third kappa shape index (κ3) is 4.18. The van der Waals surface area contributed by atoms with Gasteiger partial charge in [0.2, 0.25) is 0 Å². The van der Waals surface area contributed by atoms with Crippen molar-refractivity contribution in [2.24, 2.45) is 4.99 Å². The zero-order valence-corrected chi connectivity index (χ0v) is 19.5. The number of ether oxygens (including phenoxy) is 1. The SMILES string of the molecule is COc1ccc(/C=C2/N=C(c3ccccc3)N(C(=O)C=C3C(=O)Nc4cc(Cl)c(F)cc43)C2=O)cc1. The minimum absolute atomic E-state index is 0.0415. The molecule has 9 heteroatoms. The molecular weight excluding hydrogens is 485 g/mol. The summed E-state index contributed by atoms with van der Waals surface area (Å²) in [4.78, 5) is 44.6. The molecule has 0 unspecified atom stereocenters. The summed E-state index contributed by atoms with van der Waals surface area (Å²) in [6.07, 6.45) is 2.56. The molecule has 3 amide bonds. The Kier molecular flexibility index (Phi) is 5.95. The summed E-state index contributed by atoms with van der Waals surface area (Å²) < 4.78 is 19.2. The highest BCUT2D eigenvalue weighted by molar-refractivity contribution is 6.38. The Morgan fingerprint density at radius 2 is 1.81 bits per heavy atom. The number of fused-ring (bicyclic) bond motifs is 1. The summed E-state index contributed by atoms with van der Waals surface area (Å²) in [6.45, 7) is 0. The molecule has 178 valence electrons. The van der Waals surface area contributed by atoms with Gasteiger partial charge in [-0.1, -0.05) is 54.1 Å². The Bertz CT molecular complexity index is 1510. The molecule has 3 aromatic rings. The van der Waals surface area contributed by atoms with Crippen LogP contribution in [0.2, 0.25) is 5.02 Å². The molecular formula is C27H17ClFN3O4. The lowest BCUT2D eigenvalue weighted by atomic mass is 10.1. The molecule has 0 aromatic heterocycles. The fraction of sp³-hybridized carbons (Fsp3) is 0.0370. The van der Waals surface area contributed by atoms with Crippen molar-refractivity contribution in [2.45, 2.75) is 0 Å². The van der Waals surface area contributed by atoms with Gasteiger partial charge in [0.1, 0.15) is 17.3 Å². The summed E-state index contributed by atoms with van der Waals surface area (Å²) >= 11 is 5.81. The highest BCUT2D eigenvalue weighted by Gasteiger charge is 2.36. The first-order chi connectivity index (χ1) is 17.4. The van der Waals surface area contributed by atoms with Crippen molar-refractivity contribution in [3.05, 3.63) is 106 Å². The topological polar surface area (TPSA) is 88.1 Å². The second kappa shape index (κ2) is 9.24. The van der Waals surface area contributed by atoms with Crippen LogP contribution in [-0.4, -0.2) is 35.6 Å². The van der Waals surface area contributed by atoms with E-state index in [-0.39, 0.29) is 33.4 Å². The van der Waals surface area contributed by atoms with Gasteiger partial charge in [0.25, 0.3) is 17.7 Å². The lowest BCUT2D eigenvalue weighted by molar-refractivity contribution is -0.133. The molecule has 0 atom stereocenters. The highest BCUT2D eigenvalue weighted by atomic mass is 35.5. The van der Waals surface area contributed by atoms with E-state index >= 15 is 0 Å². The maximum Gasteiger partial charge on any atom is 0.285 e. The maximum absolute atomic E-state index is 14.1. The average Bonchev–Trinajstić information content (AvgIpc) is 3.36. The predicted molar refractivity (Wildman–Crippen MR) is 134 cm³/mol. The fourth-order valence-corrected chi connectivity index (χ4v) is 4.04. The Labute approximate surface area is 210 Å². The number of anilines is 1. The van der Waals surface area contributed by atoms with E-state index in [1.54, 1.807) is 67.8 Å². The molecule has 0 radical (unpaired) electrons. The van der Waals surface area contributed by atoms with Gasteiger partial charge in [-0.15, -0.1) is 0 Å². The number of aliphatic imine (C=N–C) groups is 1. The third-order valence-electron chi connectivity index (χ3n) is 5.64. The zero-order valence-electron chi connectivity index (χ0n) is 18.8. The van der Waals surface area contributed by atoms with Gasteiger partial charge >= 0.3 is 0 Å². The first kappa shape index (κ1) is 23.2. The highest BCUT2D eigenvalue weighted by Crippen LogP contribution is 2.35. The van der Waals surface area contributed by atoms with E-state index in [9.17, 15) is 18.8 Å². The Hall–Kier alpha value is -4.56. The minimum Gasteiger partial charge on any atom is -0.497 e. The molecule has 0 aliphatic carbocycles. The van der Waals surface area contributed by atoms with E-state index in [1.165, 1.54) is 6.07 Å². The van der Waals surface area contributed by atoms with Crippen LogP contribution < -0.4 is 10.1 Å². The number of carbonyl (C=O) groups excluding carboxylic acids is 3. The number of halogens is 2. The van der Waals surface area contributed by atoms with Crippen molar-refractivity contribution in [3.63, 3.8) is 0 Å². The van der Waals surface area contributed by atoms with Crippen LogP contribution in [0, 0.1) is 5.82 Å².